The Morgan fingerprint density at radius 1 is 1.29 bits per heavy atom. The molecule has 2 aromatic rings. The second-order valence-corrected chi connectivity index (χ2v) is 7.99. The zero-order valence-electron chi connectivity index (χ0n) is 16.8. The minimum absolute atomic E-state index is 0.0180. The summed E-state index contributed by atoms with van der Waals surface area (Å²) in [5.41, 5.74) is 0.761. The highest BCUT2D eigenvalue weighted by Gasteiger charge is 2.23. The first-order chi connectivity index (χ1) is 13.5. The van der Waals surface area contributed by atoms with Gasteiger partial charge in [0.15, 0.2) is 0 Å². The van der Waals surface area contributed by atoms with Gasteiger partial charge in [0.25, 0.3) is 0 Å². The van der Waals surface area contributed by atoms with E-state index in [1.54, 1.807) is 6.20 Å². The Balaban J connectivity index is 1.64. The third-order valence-corrected chi connectivity index (χ3v) is 5.57. The van der Waals surface area contributed by atoms with Gasteiger partial charge in [-0.15, -0.1) is 0 Å². The summed E-state index contributed by atoms with van der Waals surface area (Å²) in [5.74, 6) is 1.43. The van der Waals surface area contributed by atoms with Gasteiger partial charge in [-0.05, 0) is 24.5 Å². The van der Waals surface area contributed by atoms with Gasteiger partial charge in [0.05, 0.1) is 6.42 Å². The second kappa shape index (κ2) is 9.66. The van der Waals surface area contributed by atoms with Gasteiger partial charge in [-0.3, -0.25) is 4.79 Å². The highest BCUT2D eigenvalue weighted by molar-refractivity contribution is 5.67. The van der Waals surface area contributed by atoms with Crippen molar-refractivity contribution in [3.8, 4) is 11.4 Å². The molecule has 1 N–H and O–H groups in total. The summed E-state index contributed by atoms with van der Waals surface area (Å²) in [6.45, 7) is 0. The maximum Gasteiger partial charge on any atom is 0.304 e. The Hall–Kier alpha value is -2.44. The van der Waals surface area contributed by atoms with E-state index in [4.69, 9.17) is 4.52 Å². The SMILES string of the molecule is CN(C)c1ccc(-c2noc(C(CCCC3CCCCC3)CC(=O)O)n2)cn1. The molecule has 28 heavy (non-hydrogen) atoms. The summed E-state index contributed by atoms with van der Waals surface area (Å²) in [7, 11) is 3.86. The minimum atomic E-state index is -0.834. The number of aromatic nitrogens is 3. The standard InChI is InChI=1S/C21H30N4O3/c1-25(2)18-12-11-17(14-22-18)20-23-21(28-24-20)16(13-19(26)27)10-6-9-15-7-4-3-5-8-15/h11-12,14-16H,3-10,13H2,1-2H3,(H,26,27). The molecule has 0 bridgehead atoms. The second-order valence-electron chi connectivity index (χ2n) is 7.99. The van der Waals surface area contributed by atoms with Gasteiger partial charge < -0.3 is 14.5 Å². The minimum Gasteiger partial charge on any atom is -0.481 e. The molecule has 3 rings (SSSR count). The largest absolute Gasteiger partial charge is 0.481 e. The van der Waals surface area contributed by atoms with Crippen LogP contribution in [0, 0.1) is 5.92 Å². The van der Waals surface area contributed by atoms with Gasteiger partial charge in [-0.2, -0.15) is 4.98 Å². The molecule has 1 aliphatic rings. The van der Waals surface area contributed by atoms with Gasteiger partial charge in [0.2, 0.25) is 11.7 Å². The van der Waals surface area contributed by atoms with Gasteiger partial charge in [0.1, 0.15) is 5.82 Å². The number of carboxylic acid groups (broad SMARTS) is 1. The number of carboxylic acids is 1. The van der Waals surface area contributed by atoms with Gasteiger partial charge >= 0.3 is 5.97 Å². The van der Waals surface area contributed by atoms with Crippen LogP contribution in [0.4, 0.5) is 5.82 Å². The molecule has 152 valence electrons. The molecule has 0 amide bonds. The summed E-state index contributed by atoms with van der Waals surface area (Å²) in [4.78, 5) is 22.1. The van der Waals surface area contributed by atoms with E-state index < -0.39 is 5.97 Å². The van der Waals surface area contributed by atoms with E-state index in [2.05, 4.69) is 15.1 Å². The van der Waals surface area contributed by atoms with E-state index in [0.717, 1.165) is 36.6 Å². The van der Waals surface area contributed by atoms with Crippen LogP contribution in [-0.4, -0.2) is 40.3 Å². The quantitative estimate of drug-likeness (QED) is 0.678. The van der Waals surface area contributed by atoms with Crippen molar-refractivity contribution >= 4 is 11.8 Å². The molecule has 7 nitrogen and oxygen atoms in total. The molecule has 2 heterocycles. The number of hydrogen-bond donors (Lipinski definition) is 1. The fraction of sp³-hybridized carbons (Fsp3) is 0.619. The summed E-state index contributed by atoms with van der Waals surface area (Å²) in [5, 5.41) is 13.3. The lowest BCUT2D eigenvalue weighted by Crippen LogP contribution is -2.10. The molecule has 1 unspecified atom stereocenters. The summed E-state index contributed by atoms with van der Waals surface area (Å²) in [6, 6.07) is 3.79. The van der Waals surface area contributed by atoms with Crippen LogP contribution in [0.25, 0.3) is 11.4 Å². The molecule has 0 spiro atoms. The molecule has 0 radical (unpaired) electrons. The van der Waals surface area contributed by atoms with Crippen molar-refractivity contribution in [2.75, 3.05) is 19.0 Å². The lowest BCUT2D eigenvalue weighted by atomic mass is 9.84. The zero-order chi connectivity index (χ0) is 19.9. The number of hydrogen-bond acceptors (Lipinski definition) is 6. The Morgan fingerprint density at radius 3 is 2.71 bits per heavy atom. The Labute approximate surface area is 166 Å². The van der Waals surface area contributed by atoms with Crippen LogP contribution < -0.4 is 4.90 Å². The van der Waals surface area contributed by atoms with E-state index in [1.165, 1.54) is 32.1 Å². The molecule has 1 fully saturated rings. The Morgan fingerprint density at radius 2 is 2.07 bits per heavy atom. The Bertz CT molecular complexity index is 751. The summed E-state index contributed by atoms with van der Waals surface area (Å²) < 4.78 is 5.44. The number of nitrogens with zero attached hydrogens (tertiary/aromatic N) is 4. The van der Waals surface area contributed by atoms with Crippen molar-refractivity contribution in [3.05, 3.63) is 24.2 Å². The Kier molecular flexibility index (Phi) is 7.01. The lowest BCUT2D eigenvalue weighted by Gasteiger charge is -2.21. The molecular weight excluding hydrogens is 356 g/mol. The van der Waals surface area contributed by atoms with Crippen molar-refractivity contribution in [2.24, 2.45) is 5.92 Å². The van der Waals surface area contributed by atoms with Gasteiger partial charge in [-0.1, -0.05) is 50.1 Å². The molecule has 0 saturated heterocycles. The van der Waals surface area contributed by atoms with Crippen LogP contribution in [-0.2, 0) is 4.79 Å². The first-order valence-corrected chi connectivity index (χ1v) is 10.2. The van der Waals surface area contributed by atoms with Crippen molar-refractivity contribution < 1.29 is 14.4 Å². The number of pyridine rings is 1. The first kappa shape index (κ1) is 20.3. The number of rotatable bonds is 9. The molecule has 0 aromatic carbocycles. The number of anilines is 1. The average molecular weight is 386 g/mol. The van der Waals surface area contributed by atoms with Crippen molar-refractivity contribution in [1.82, 2.24) is 15.1 Å². The monoisotopic (exact) mass is 386 g/mol. The highest BCUT2D eigenvalue weighted by atomic mass is 16.5. The topological polar surface area (TPSA) is 92.4 Å². The molecule has 0 aliphatic heterocycles. The molecule has 2 aromatic heterocycles. The molecule has 1 atom stereocenters. The van der Waals surface area contributed by atoms with Crippen LogP contribution in [0.5, 0.6) is 0 Å². The van der Waals surface area contributed by atoms with Crippen LogP contribution in [0.2, 0.25) is 0 Å². The smallest absolute Gasteiger partial charge is 0.304 e. The lowest BCUT2D eigenvalue weighted by molar-refractivity contribution is -0.137. The fourth-order valence-electron chi connectivity index (χ4n) is 3.95. The maximum atomic E-state index is 11.3. The van der Waals surface area contributed by atoms with E-state index in [1.807, 2.05) is 31.1 Å². The average Bonchev–Trinajstić information content (AvgIpc) is 3.18. The predicted octanol–water partition coefficient (Wildman–Crippen LogP) is 4.51. The van der Waals surface area contributed by atoms with Gasteiger partial charge in [-0.25, -0.2) is 4.98 Å². The zero-order valence-corrected chi connectivity index (χ0v) is 16.8. The molecule has 1 saturated carbocycles. The summed E-state index contributed by atoms with van der Waals surface area (Å²) in [6.07, 6.45) is 11.3. The third-order valence-electron chi connectivity index (χ3n) is 5.57. The van der Waals surface area contributed by atoms with Crippen LogP contribution in [0.1, 0.15) is 69.6 Å². The van der Waals surface area contributed by atoms with Crippen molar-refractivity contribution in [2.45, 2.75) is 63.7 Å². The van der Waals surface area contributed by atoms with Crippen molar-refractivity contribution in [1.29, 1.82) is 0 Å². The maximum absolute atomic E-state index is 11.3. The molecular formula is C21H30N4O3. The van der Waals surface area contributed by atoms with E-state index in [9.17, 15) is 9.90 Å². The fourth-order valence-corrected chi connectivity index (χ4v) is 3.95. The van der Waals surface area contributed by atoms with Gasteiger partial charge in [0, 0.05) is 31.8 Å². The van der Waals surface area contributed by atoms with Crippen LogP contribution in [0.3, 0.4) is 0 Å². The molecule has 7 heteroatoms. The number of carbonyl (C=O) groups is 1. The highest BCUT2D eigenvalue weighted by Crippen LogP contribution is 2.31. The summed E-state index contributed by atoms with van der Waals surface area (Å²) >= 11 is 0. The molecule has 1 aliphatic carbocycles. The van der Waals surface area contributed by atoms with E-state index >= 15 is 0 Å². The predicted molar refractivity (Wildman–Crippen MR) is 107 cm³/mol. The normalized spacial score (nSPS) is 16.1. The van der Waals surface area contributed by atoms with E-state index in [0.29, 0.717) is 11.7 Å². The third kappa shape index (κ3) is 5.53. The first-order valence-electron chi connectivity index (χ1n) is 10.2. The van der Waals surface area contributed by atoms with E-state index in [-0.39, 0.29) is 12.3 Å². The van der Waals surface area contributed by atoms with Crippen molar-refractivity contribution in [3.63, 3.8) is 0 Å². The van der Waals surface area contributed by atoms with Crippen LogP contribution >= 0.6 is 0 Å². The van der Waals surface area contributed by atoms with Crippen LogP contribution in [0.15, 0.2) is 22.9 Å². The number of aliphatic carboxylic acids is 1.